The molecule has 0 aliphatic carbocycles. The number of fused-ring (bicyclic) bond motifs is 1. The summed E-state index contributed by atoms with van der Waals surface area (Å²) in [5, 5.41) is 5.87. The van der Waals surface area contributed by atoms with Gasteiger partial charge in [-0.15, -0.1) is 0 Å². The average Bonchev–Trinajstić information content (AvgIpc) is 2.54. The highest BCUT2D eigenvalue weighted by atomic mass is 35.5. The van der Waals surface area contributed by atoms with E-state index in [1.807, 2.05) is 54.6 Å². The molecule has 0 fully saturated rings. The zero-order valence-corrected chi connectivity index (χ0v) is 12.5. The van der Waals surface area contributed by atoms with Crippen LogP contribution in [0, 0.1) is 0 Å². The topological polar surface area (TPSA) is 29.1 Å². The highest BCUT2D eigenvalue weighted by Gasteiger charge is 2.02. The fraction of sp³-hybridized carbons (Fsp3) is 0. The summed E-state index contributed by atoms with van der Waals surface area (Å²) in [6.07, 6.45) is 3.15. The number of ketones is 1. The molecule has 0 saturated carbocycles. The van der Waals surface area contributed by atoms with Crippen LogP contribution >= 0.6 is 11.6 Å². The summed E-state index contributed by atoms with van der Waals surface area (Å²) in [7, 11) is 0. The molecule has 0 aromatic heterocycles. The summed E-state index contributed by atoms with van der Waals surface area (Å²) in [6, 6.07) is 21.0. The maximum Gasteiger partial charge on any atom is 0.187 e. The Bertz CT molecular complexity index is 855. The van der Waals surface area contributed by atoms with E-state index in [9.17, 15) is 4.79 Å². The van der Waals surface area contributed by atoms with Gasteiger partial charge in [-0.3, -0.25) is 4.79 Å². The SMILES string of the molecule is O=C(/C=C\Nc1cccc(Cl)c1)c1ccc2ccccc2c1. The smallest absolute Gasteiger partial charge is 0.187 e. The minimum absolute atomic E-state index is 0.0414. The molecule has 0 saturated heterocycles. The van der Waals surface area contributed by atoms with Crippen LogP contribution < -0.4 is 5.32 Å². The lowest BCUT2D eigenvalue weighted by molar-refractivity contribution is 0.104. The van der Waals surface area contributed by atoms with Gasteiger partial charge in [0.1, 0.15) is 0 Å². The van der Waals surface area contributed by atoms with Crippen LogP contribution in [0.2, 0.25) is 5.02 Å². The van der Waals surface area contributed by atoms with Crippen molar-refractivity contribution in [1.82, 2.24) is 0 Å². The molecule has 0 aliphatic rings. The first-order chi connectivity index (χ1) is 10.7. The summed E-state index contributed by atoms with van der Waals surface area (Å²) in [4.78, 5) is 12.2. The Morgan fingerprint density at radius 2 is 1.73 bits per heavy atom. The molecule has 0 bridgehead atoms. The quantitative estimate of drug-likeness (QED) is 0.523. The second-order valence-electron chi connectivity index (χ2n) is 4.91. The second kappa shape index (κ2) is 6.46. The number of allylic oxidation sites excluding steroid dienone is 1. The van der Waals surface area contributed by atoms with Crippen LogP contribution in [0.4, 0.5) is 5.69 Å². The van der Waals surface area contributed by atoms with Crippen molar-refractivity contribution in [2.24, 2.45) is 0 Å². The molecule has 0 unspecified atom stereocenters. The van der Waals surface area contributed by atoms with E-state index in [1.54, 1.807) is 18.3 Å². The Morgan fingerprint density at radius 1 is 0.909 bits per heavy atom. The molecule has 108 valence electrons. The molecule has 3 aromatic rings. The molecule has 0 radical (unpaired) electrons. The van der Waals surface area contributed by atoms with Crippen LogP contribution in [0.25, 0.3) is 10.8 Å². The zero-order valence-electron chi connectivity index (χ0n) is 11.8. The summed E-state index contributed by atoms with van der Waals surface area (Å²) in [5.41, 5.74) is 1.51. The van der Waals surface area contributed by atoms with Crippen molar-refractivity contribution >= 4 is 33.8 Å². The molecular formula is C19H14ClNO. The van der Waals surface area contributed by atoms with Crippen molar-refractivity contribution in [3.05, 3.63) is 89.6 Å². The van der Waals surface area contributed by atoms with Gasteiger partial charge in [-0.25, -0.2) is 0 Å². The number of anilines is 1. The molecule has 0 aliphatic heterocycles. The molecule has 2 nitrogen and oxygen atoms in total. The number of rotatable bonds is 4. The van der Waals surface area contributed by atoms with E-state index in [0.717, 1.165) is 16.5 Å². The van der Waals surface area contributed by atoms with Gasteiger partial charge in [0.25, 0.3) is 0 Å². The normalized spacial score (nSPS) is 11.0. The van der Waals surface area contributed by atoms with Gasteiger partial charge >= 0.3 is 0 Å². The standard InChI is InChI=1S/C19H14ClNO/c20-17-6-3-7-18(13-17)21-11-10-19(22)16-9-8-14-4-1-2-5-15(14)12-16/h1-13,21H/b11-10-. The number of hydrogen-bond acceptors (Lipinski definition) is 2. The molecule has 0 heterocycles. The van der Waals surface area contributed by atoms with E-state index in [2.05, 4.69) is 5.32 Å². The number of halogens is 1. The van der Waals surface area contributed by atoms with Gasteiger partial charge in [0.15, 0.2) is 5.78 Å². The monoisotopic (exact) mass is 307 g/mol. The van der Waals surface area contributed by atoms with Gasteiger partial charge in [0.05, 0.1) is 0 Å². The number of carbonyl (C=O) groups is 1. The average molecular weight is 308 g/mol. The second-order valence-corrected chi connectivity index (χ2v) is 5.35. The Hall–Kier alpha value is -2.58. The first kappa shape index (κ1) is 14.4. The lowest BCUT2D eigenvalue weighted by Crippen LogP contribution is -1.96. The van der Waals surface area contributed by atoms with E-state index >= 15 is 0 Å². The third-order valence-electron chi connectivity index (χ3n) is 3.34. The van der Waals surface area contributed by atoms with E-state index in [-0.39, 0.29) is 5.78 Å². The number of carbonyl (C=O) groups excluding carboxylic acids is 1. The van der Waals surface area contributed by atoms with Gasteiger partial charge in [0, 0.05) is 28.5 Å². The van der Waals surface area contributed by atoms with Crippen molar-refractivity contribution in [2.45, 2.75) is 0 Å². The number of benzene rings is 3. The molecule has 22 heavy (non-hydrogen) atoms. The van der Waals surface area contributed by atoms with Crippen molar-refractivity contribution in [3.8, 4) is 0 Å². The highest BCUT2D eigenvalue weighted by molar-refractivity contribution is 6.30. The molecule has 3 aromatic carbocycles. The molecule has 0 spiro atoms. The van der Waals surface area contributed by atoms with Crippen LogP contribution in [0.5, 0.6) is 0 Å². The minimum atomic E-state index is -0.0414. The summed E-state index contributed by atoms with van der Waals surface area (Å²) in [5.74, 6) is -0.0414. The lowest BCUT2D eigenvalue weighted by Gasteiger charge is -2.02. The Kier molecular flexibility index (Phi) is 4.22. The molecule has 0 atom stereocenters. The van der Waals surface area contributed by atoms with Gasteiger partial charge in [-0.2, -0.15) is 0 Å². The number of nitrogens with one attached hydrogen (secondary N) is 1. The summed E-state index contributed by atoms with van der Waals surface area (Å²) >= 11 is 5.91. The van der Waals surface area contributed by atoms with Crippen LogP contribution in [0.15, 0.2) is 79.0 Å². The maximum atomic E-state index is 12.2. The summed E-state index contributed by atoms with van der Waals surface area (Å²) in [6.45, 7) is 0. The third kappa shape index (κ3) is 3.35. The largest absolute Gasteiger partial charge is 0.362 e. The van der Waals surface area contributed by atoms with Crippen molar-refractivity contribution in [1.29, 1.82) is 0 Å². The van der Waals surface area contributed by atoms with Crippen LogP contribution in [0.3, 0.4) is 0 Å². The highest BCUT2D eigenvalue weighted by Crippen LogP contribution is 2.17. The predicted octanol–water partition coefficient (Wildman–Crippen LogP) is 5.30. The van der Waals surface area contributed by atoms with E-state index in [4.69, 9.17) is 11.6 Å². The van der Waals surface area contributed by atoms with Crippen molar-refractivity contribution < 1.29 is 4.79 Å². The summed E-state index contributed by atoms with van der Waals surface area (Å²) < 4.78 is 0. The van der Waals surface area contributed by atoms with E-state index in [0.29, 0.717) is 10.6 Å². The first-order valence-electron chi connectivity index (χ1n) is 6.94. The third-order valence-corrected chi connectivity index (χ3v) is 3.58. The van der Waals surface area contributed by atoms with Gasteiger partial charge in [-0.05, 0) is 35.0 Å². The van der Waals surface area contributed by atoms with E-state index in [1.165, 1.54) is 6.08 Å². The fourth-order valence-corrected chi connectivity index (χ4v) is 2.42. The van der Waals surface area contributed by atoms with Crippen LogP contribution in [0.1, 0.15) is 10.4 Å². The molecule has 0 amide bonds. The van der Waals surface area contributed by atoms with Crippen molar-refractivity contribution in [3.63, 3.8) is 0 Å². The van der Waals surface area contributed by atoms with Gasteiger partial charge < -0.3 is 5.32 Å². The first-order valence-corrected chi connectivity index (χ1v) is 7.32. The van der Waals surface area contributed by atoms with Gasteiger partial charge in [-0.1, -0.05) is 54.1 Å². The Balaban J connectivity index is 1.74. The molecule has 3 rings (SSSR count). The Labute approximate surface area is 134 Å². The fourth-order valence-electron chi connectivity index (χ4n) is 2.23. The van der Waals surface area contributed by atoms with E-state index < -0.39 is 0 Å². The number of hydrogen-bond donors (Lipinski definition) is 1. The predicted molar refractivity (Wildman–Crippen MR) is 92.5 cm³/mol. The maximum absolute atomic E-state index is 12.2. The zero-order chi connectivity index (χ0) is 15.4. The lowest BCUT2D eigenvalue weighted by atomic mass is 10.0. The van der Waals surface area contributed by atoms with Crippen LogP contribution in [-0.4, -0.2) is 5.78 Å². The molecular weight excluding hydrogens is 294 g/mol. The minimum Gasteiger partial charge on any atom is -0.362 e. The molecule has 3 heteroatoms. The Morgan fingerprint density at radius 3 is 2.55 bits per heavy atom. The van der Waals surface area contributed by atoms with Crippen molar-refractivity contribution in [2.75, 3.05) is 5.32 Å². The van der Waals surface area contributed by atoms with Crippen LogP contribution in [-0.2, 0) is 0 Å². The van der Waals surface area contributed by atoms with Gasteiger partial charge in [0.2, 0.25) is 0 Å². The molecule has 1 N–H and O–H groups in total.